The third-order valence-electron chi connectivity index (χ3n) is 6.22. The van der Waals surface area contributed by atoms with E-state index >= 15 is 0 Å². The van der Waals surface area contributed by atoms with Crippen LogP contribution in [0.1, 0.15) is 44.4 Å². The smallest absolute Gasteiger partial charge is 0.329 e. The second kappa shape index (κ2) is 15.0. The molecule has 41 heavy (non-hydrogen) atoms. The maximum Gasteiger partial charge on any atom is 0.329 e. The van der Waals surface area contributed by atoms with E-state index in [9.17, 15) is 14.4 Å². The third kappa shape index (κ3) is 10.7. The van der Waals surface area contributed by atoms with Crippen LogP contribution in [0.5, 0.6) is 5.75 Å². The van der Waals surface area contributed by atoms with Crippen molar-refractivity contribution < 1.29 is 28.6 Å². The molecule has 0 saturated carbocycles. The molecule has 8 nitrogen and oxygen atoms in total. The third-order valence-corrected chi connectivity index (χ3v) is 6.22. The lowest BCUT2D eigenvalue weighted by Gasteiger charge is -2.24. The maximum atomic E-state index is 13.2. The summed E-state index contributed by atoms with van der Waals surface area (Å²) in [5, 5.41) is 5.88. The molecule has 0 aliphatic rings. The van der Waals surface area contributed by atoms with Crippen molar-refractivity contribution in [1.29, 1.82) is 0 Å². The molecule has 3 rings (SSSR count). The number of esters is 2. The Bertz CT molecular complexity index is 1260. The van der Waals surface area contributed by atoms with Gasteiger partial charge in [0.1, 0.15) is 30.0 Å². The Morgan fingerprint density at radius 3 is 1.83 bits per heavy atom. The first kappa shape index (κ1) is 31.4. The van der Waals surface area contributed by atoms with E-state index in [4.69, 9.17) is 14.2 Å². The minimum atomic E-state index is -0.912. The molecule has 0 radical (unpaired) electrons. The predicted molar refractivity (Wildman–Crippen MR) is 157 cm³/mol. The van der Waals surface area contributed by atoms with Crippen LogP contribution < -0.4 is 15.4 Å². The number of carbonyl (C=O) groups excluding carboxylic acids is 3. The highest BCUT2D eigenvalue weighted by Crippen LogP contribution is 2.19. The predicted octanol–water partition coefficient (Wildman–Crippen LogP) is 4.40. The Morgan fingerprint density at radius 1 is 0.732 bits per heavy atom. The number of benzene rings is 3. The fourth-order valence-electron chi connectivity index (χ4n) is 4.18. The van der Waals surface area contributed by atoms with E-state index in [1.54, 1.807) is 6.92 Å². The van der Waals surface area contributed by atoms with E-state index in [2.05, 4.69) is 10.6 Å². The molecule has 0 spiro atoms. The molecule has 1 amide bonds. The van der Waals surface area contributed by atoms with Crippen LogP contribution in [0.4, 0.5) is 0 Å². The van der Waals surface area contributed by atoms with Gasteiger partial charge in [-0.2, -0.15) is 0 Å². The molecule has 2 N–H and O–H groups in total. The van der Waals surface area contributed by atoms with Crippen molar-refractivity contribution in [3.05, 3.63) is 102 Å². The first-order valence-corrected chi connectivity index (χ1v) is 13.7. The van der Waals surface area contributed by atoms with E-state index in [1.165, 1.54) is 7.11 Å². The van der Waals surface area contributed by atoms with Gasteiger partial charge in [0.25, 0.3) is 0 Å². The van der Waals surface area contributed by atoms with Crippen LogP contribution in [-0.2, 0) is 43.3 Å². The number of amides is 1. The van der Waals surface area contributed by atoms with Gasteiger partial charge in [-0.3, -0.25) is 14.9 Å². The maximum absolute atomic E-state index is 13.2. The Balaban J connectivity index is 1.67. The van der Waals surface area contributed by atoms with Crippen molar-refractivity contribution in [2.24, 2.45) is 0 Å². The molecule has 8 heteroatoms. The summed E-state index contributed by atoms with van der Waals surface area (Å²) < 4.78 is 16.4. The van der Waals surface area contributed by atoms with Crippen molar-refractivity contribution in [3.63, 3.8) is 0 Å². The Morgan fingerprint density at radius 2 is 1.27 bits per heavy atom. The van der Waals surface area contributed by atoms with Gasteiger partial charge in [0, 0.05) is 6.42 Å². The number of nitrogens with one attached hydrogen (secondary N) is 2. The topological polar surface area (TPSA) is 103 Å². The zero-order valence-corrected chi connectivity index (χ0v) is 24.4. The summed E-state index contributed by atoms with van der Waals surface area (Å²) in [6.07, 6.45) is 0.559. The highest BCUT2D eigenvalue weighted by Gasteiger charge is 2.29. The number of carbonyl (C=O) groups is 3. The molecule has 0 unspecified atom stereocenters. The second-order valence-electron chi connectivity index (χ2n) is 10.9. The Labute approximate surface area is 242 Å². The Kier molecular flexibility index (Phi) is 11.5. The van der Waals surface area contributed by atoms with E-state index in [0.717, 1.165) is 22.4 Å². The number of rotatable bonds is 13. The summed E-state index contributed by atoms with van der Waals surface area (Å²) in [5.74, 6) is -0.756. The largest absolute Gasteiger partial charge is 0.488 e. The van der Waals surface area contributed by atoms with Crippen molar-refractivity contribution in [2.75, 3.05) is 7.11 Å². The van der Waals surface area contributed by atoms with Gasteiger partial charge in [0.2, 0.25) is 5.91 Å². The minimum Gasteiger partial charge on any atom is -0.488 e. The number of methoxy groups -OCH3 is 1. The molecule has 0 aromatic heterocycles. The normalized spacial score (nSPS) is 13.4. The zero-order chi connectivity index (χ0) is 29.8. The van der Waals surface area contributed by atoms with E-state index in [1.807, 2.05) is 106 Å². The van der Waals surface area contributed by atoms with Crippen LogP contribution in [0, 0.1) is 0 Å². The lowest BCUT2D eigenvalue weighted by Crippen LogP contribution is -2.54. The van der Waals surface area contributed by atoms with Crippen LogP contribution >= 0.6 is 0 Å². The highest BCUT2D eigenvalue weighted by molar-refractivity contribution is 5.88. The fourth-order valence-corrected chi connectivity index (χ4v) is 4.18. The molecule has 0 fully saturated rings. The van der Waals surface area contributed by atoms with Gasteiger partial charge in [-0.05, 0) is 62.9 Å². The van der Waals surface area contributed by atoms with Crippen molar-refractivity contribution in [3.8, 4) is 5.75 Å². The molecule has 0 aliphatic carbocycles. The second-order valence-corrected chi connectivity index (χ2v) is 10.9. The average molecular weight is 561 g/mol. The minimum absolute atomic E-state index is 0.0959. The van der Waals surface area contributed by atoms with Gasteiger partial charge in [-0.1, -0.05) is 72.8 Å². The van der Waals surface area contributed by atoms with Crippen LogP contribution in [0.3, 0.4) is 0 Å². The van der Waals surface area contributed by atoms with Crippen molar-refractivity contribution >= 4 is 17.8 Å². The van der Waals surface area contributed by atoms with Gasteiger partial charge in [0.15, 0.2) is 0 Å². The summed E-state index contributed by atoms with van der Waals surface area (Å²) in [6.45, 7) is 7.65. The van der Waals surface area contributed by atoms with Crippen LogP contribution in [0.15, 0.2) is 84.9 Å². The monoisotopic (exact) mass is 560 g/mol. The number of hydrogen-bond acceptors (Lipinski definition) is 7. The number of ether oxygens (including phenoxy) is 3. The summed E-state index contributed by atoms with van der Waals surface area (Å²) in [7, 11) is 1.31. The van der Waals surface area contributed by atoms with E-state index in [0.29, 0.717) is 6.42 Å². The number of hydrogen-bond donors (Lipinski definition) is 2. The molecule has 0 aliphatic heterocycles. The molecule has 3 aromatic carbocycles. The molecule has 0 heterocycles. The molecule has 3 atom stereocenters. The standard InChI is InChI=1S/C33H40N2O6/c1-23(34-28(31(37)39-5)21-25-16-18-27(19-17-25)41-33(2,3)4)30(36)35-29(20-24-12-8-6-9-13-24)32(38)40-22-26-14-10-7-11-15-26/h6-19,23,28-29,34H,20-22H2,1-5H3,(H,35,36)/t23-,28+,29-/m1/s1. The first-order valence-electron chi connectivity index (χ1n) is 13.7. The van der Waals surface area contributed by atoms with Gasteiger partial charge in [-0.25, -0.2) is 4.79 Å². The summed E-state index contributed by atoms with van der Waals surface area (Å²) in [6, 6.07) is 23.7. The van der Waals surface area contributed by atoms with Crippen molar-refractivity contribution in [2.45, 2.75) is 70.9 Å². The molecular formula is C33H40N2O6. The van der Waals surface area contributed by atoms with Crippen LogP contribution in [0.25, 0.3) is 0 Å². The van der Waals surface area contributed by atoms with Crippen LogP contribution in [-0.4, -0.2) is 48.7 Å². The van der Waals surface area contributed by atoms with Gasteiger partial charge < -0.3 is 19.5 Å². The SMILES string of the molecule is COC(=O)[C@H](Cc1ccc(OC(C)(C)C)cc1)N[C@H](C)C(=O)N[C@H](Cc1ccccc1)C(=O)OCc1ccccc1. The van der Waals surface area contributed by atoms with Gasteiger partial charge in [-0.15, -0.1) is 0 Å². The van der Waals surface area contributed by atoms with E-state index < -0.39 is 36.0 Å². The quantitative estimate of drug-likeness (QED) is 0.299. The van der Waals surface area contributed by atoms with Crippen LogP contribution in [0.2, 0.25) is 0 Å². The lowest BCUT2D eigenvalue weighted by molar-refractivity contribution is -0.149. The molecule has 218 valence electrons. The average Bonchev–Trinajstić information content (AvgIpc) is 2.96. The molecule has 0 bridgehead atoms. The molecular weight excluding hydrogens is 520 g/mol. The summed E-state index contributed by atoms with van der Waals surface area (Å²) >= 11 is 0. The van der Waals surface area contributed by atoms with Crippen molar-refractivity contribution in [1.82, 2.24) is 10.6 Å². The summed E-state index contributed by atoms with van der Waals surface area (Å²) in [5.41, 5.74) is 2.27. The Hall–Kier alpha value is -4.17. The first-order chi connectivity index (χ1) is 19.5. The van der Waals surface area contributed by atoms with E-state index in [-0.39, 0.29) is 18.6 Å². The zero-order valence-electron chi connectivity index (χ0n) is 24.4. The molecule has 0 saturated heterocycles. The van der Waals surface area contributed by atoms with Gasteiger partial charge in [0.05, 0.1) is 13.2 Å². The highest BCUT2D eigenvalue weighted by atomic mass is 16.5. The molecule has 3 aromatic rings. The lowest BCUT2D eigenvalue weighted by atomic mass is 10.0. The fraction of sp³-hybridized carbons (Fsp3) is 0.364. The summed E-state index contributed by atoms with van der Waals surface area (Å²) in [4.78, 5) is 38.9. The van der Waals surface area contributed by atoms with Gasteiger partial charge >= 0.3 is 11.9 Å².